The van der Waals surface area contributed by atoms with Gasteiger partial charge in [0.2, 0.25) is 5.79 Å². The number of benzene rings is 1. The fourth-order valence-corrected chi connectivity index (χ4v) is 4.91. The van der Waals surface area contributed by atoms with E-state index in [0.29, 0.717) is 22.3 Å². The van der Waals surface area contributed by atoms with E-state index in [1.807, 2.05) is 18.2 Å². The highest BCUT2D eigenvalue weighted by atomic mass is 19.4. The van der Waals surface area contributed by atoms with E-state index < -0.39 is 24.1 Å². The van der Waals surface area contributed by atoms with E-state index in [1.165, 1.54) is 31.5 Å². The van der Waals surface area contributed by atoms with Gasteiger partial charge in [-0.1, -0.05) is 12.5 Å². The van der Waals surface area contributed by atoms with Crippen LogP contribution in [-0.4, -0.2) is 40.6 Å². The number of nitrogens with zero attached hydrogens (tertiary/aromatic N) is 2. The van der Waals surface area contributed by atoms with Crippen molar-refractivity contribution >= 4 is 0 Å². The van der Waals surface area contributed by atoms with Crippen molar-refractivity contribution in [3.8, 4) is 16.9 Å². The molecule has 5 rings (SSSR count). The highest BCUT2D eigenvalue weighted by Crippen LogP contribution is 2.40. The number of aryl methyl sites for hydroxylation is 1. The van der Waals surface area contributed by atoms with Gasteiger partial charge in [0.15, 0.2) is 0 Å². The molecule has 1 saturated heterocycles. The smallest absolute Gasteiger partial charge is 0.406 e. The van der Waals surface area contributed by atoms with Gasteiger partial charge in [0, 0.05) is 55.4 Å². The van der Waals surface area contributed by atoms with Crippen LogP contribution in [0.3, 0.4) is 0 Å². The zero-order chi connectivity index (χ0) is 22.5. The average molecular weight is 448 g/mol. The molecule has 1 aromatic heterocycles. The molecule has 1 saturated carbocycles. The van der Waals surface area contributed by atoms with Crippen molar-refractivity contribution in [3.05, 3.63) is 51.9 Å². The Labute approximate surface area is 184 Å². The number of likely N-dealkylation sites (tertiary alicyclic amines) is 1. The highest BCUT2D eigenvalue weighted by molar-refractivity contribution is 5.68. The van der Waals surface area contributed by atoms with Crippen LogP contribution in [0.5, 0.6) is 5.75 Å². The number of piperidine rings is 1. The van der Waals surface area contributed by atoms with Crippen molar-refractivity contribution in [3.63, 3.8) is 0 Å². The quantitative estimate of drug-likeness (QED) is 0.686. The van der Waals surface area contributed by atoms with E-state index in [2.05, 4.69) is 4.90 Å². The maximum absolute atomic E-state index is 12.9. The second-order valence-corrected chi connectivity index (χ2v) is 9.20. The van der Waals surface area contributed by atoms with Gasteiger partial charge >= 0.3 is 6.18 Å². The molecule has 2 aliphatic heterocycles. The Bertz CT molecular complexity index is 1070. The minimum Gasteiger partial charge on any atom is -0.462 e. The SMILES string of the molecule is Cc1cc(=O)n(CC(F)(F)F)cc1-c1ccc2c(c1)COC1(CCN(C3CCC3)CC1)O2. The van der Waals surface area contributed by atoms with E-state index in [0.717, 1.165) is 48.8 Å². The molecule has 172 valence electrons. The fourth-order valence-electron chi connectivity index (χ4n) is 4.91. The van der Waals surface area contributed by atoms with Gasteiger partial charge in [0.05, 0.1) is 6.61 Å². The van der Waals surface area contributed by atoms with Gasteiger partial charge in [-0.15, -0.1) is 0 Å². The Morgan fingerprint density at radius 1 is 1.16 bits per heavy atom. The zero-order valence-electron chi connectivity index (χ0n) is 18.1. The van der Waals surface area contributed by atoms with Crippen LogP contribution in [-0.2, 0) is 17.9 Å². The molecule has 0 radical (unpaired) electrons. The van der Waals surface area contributed by atoms with E-state index in [9.17, 15) is 18.0 Å². The third kappa shape index (κ3) is 4.18. The number of halogens is 3. The van der Waals surface area contributed by atoms with Crippen LogP contribution in [0, 0.1) is 6.92 Å². The summed E-state index contributed by atoms with van der Waals surface area (Å²) in [5.41, 5.74) is 2.16. The summed E-state index contributed by atoms with van der Waals surface area (Å²) in [5.74, 6) is 0.170. The van der Waals surface area contributed by atoms with Gasteiger partial charge in [-0.3, -0.25) is 9.69 Å². The van der Waals surface area contributed by atoms with Crippen molar-refractivity contribution in [2.45, 2.75) is 70.2 Å². The molecule has 1 spiro atoms. The second-order valence-electron chi connectivity index (χ2n) is 9.20. The van der Waals surface area contributed by atoms with Crippen molar-refractivity contribution in [2.75, 3.05) is 13.1 Å². The lowest BCUT2D eigenvalue weighted by atomic mass is 9.89. The van der Waals surface area contributed by atoms with Crippen LogP contribution in [0.4, 0.5) is 13.2 Å². The van der Waals surface area contributed by atoms with Crippen LogP contribution in [0.25, 0.3) is 11.1 Å². The van der Waals surface area contributed by atoms with Gasteiger partial charge in [-0.2, -0.15) is 13.2 Å². The number of rotatable bonds is 3. The summed E-state index contributed by atoms with van der Waals surface area (Å²) in [6.45, 7) is 2.76. The molecule has 0 N–H and O–H groups in total. The first-order chi connectivity index (χ1) is 15.2. The summed E-state index contributed by atoms with van der Waals surface area (Å²) in [5, 5.41) is 0. The third-order valence-corrected chi connectivity index (χ3v) is 6.99. The van der Waals surface area contributed by atoms with Crippen LogP contribution in [0.15, 0.2) is 35.3 Å². The second kappa shape index (κ2) is 7.92. The molecule has 8 heteroatoms. The molecule has 3 heterocycles. The zero-order valence-corrected chi connectivity index (χ0v) is 18.1. The average Bonchev–Trinajstić information content (AvgIpc) is 2.69. The first-order valence-electron chi connectivity index (χ1n) is 11.2. The Morgan fingerprint density at radius 2 is 1.91 bits per heavy atom. The monoisotopic (exact) mass is 448 g/mol. The van der Waals surface area contributed by atoms with Gasteiger partial charge in [-0.05, 0) is 43.0 Å². The largest absolute Gasteiger partial charge is 0.462 e. The number of ether oxygens (including phenoxy) is 2. The van der Waals surface area contributed by atoms with Crippen molar-refractivity contribution in [1.29, 1.82) is 0 Å². The predicted octanol–water partition coefficient (Wildman–Crippen LogP) is 4.64. The molecule has 0 amide bonds. The molecule has 0 unspecified atom stereocenters. The molecule has 3 aliphatic rings. The summed E-state index contributed by atoms with van der Waals surface area (Å²) in [6.07, 6.45) is 2.37. The lowest BCUT2D eigenvalue weighted by Crippen LogP contribution is -2.54. The van der Waals surface area contributed by atoms with E-state index in [-0.39, 0.29) is 0 Å². The normalized spacial score (nSPS) is 21.1. The van der Waals surface area contributed by atoms with E-state index in [4.69, 9.17) is 9.47 Å². The standard InChI is InChI=1S/C24H27F3N2O3/c1-16-11-22(30)29(15-24(25,26)27)13-20(16)17-5-6-21-18(12-17)14-31-23(32-21)7-9-28(10-8-23)19-3-2-4-19/h5-6,11-13,19H,2-4,7-10,14-15H2,1H3. The minimum atomic E-state index is -4.46. The number of aromatic nitrogens is 1. The van der Waals surface area contributed by atoms with Crippen molar-refractivity contribution in [1.82, 2.24) is 9.47 Å². The highest BCUT2D eigenvalue weighted by Gasteiger charge is 2.42. The lowest BCUT2D eigenvalue weighted by molar-refractivity contribution is -0.231. The number of hydrogen-bond acceptors (Lipinski definition) is 4. The van der Waals surface area contributed by atoms with Gasteiger partial charge in [-0.25, -0.2) is 0 Å². The molecule has 32 heavy (non-hydrogen) atoms. The van der Waals surface area contributed by atoms with Crippen LogP contribution in [0.1, 0.15) is 43.2 Å². The molecule has 0 atom stereocenters. The van der Waals surface area contributed by atoms with E-state index in [1.54, 1.807) is 6.92 Å². The first kappa shape index (κ1) is 21.5. The first-order valence-corrected chi connectivity index (χ1v) is 11.2. The van der Waals surface area contributed by atoms with Gasteiger partial charge in [0.1, 0.15) is 12.3 Å². The lowest BCUT2D eigenvalue weighted by Gasteiger charge is -2.47. The third-order valence-electron chi connectivity index (χ3n) is 6.99. The van der Waals surface area contributed by atoms with Crippen molar-refractivity contribution in [2.24, 2.45) is 0 Å². The van der Waals surface area contributed by atoms with Crippen molar-refractivity contribution < 1.29 is 22.6 Å². The van der Waals surface area contributed by atoms with Gasteiger partial charge in [0.25, 0.3) is 5.56 Å². The molecule has 1 aromatic carbocycles. The summed E-state index contributed by atoms with van der Waals surface area (Å²) in [6, 6.07) is 7.56. The van der Waals surface area contributed by atoms with Crippen LogP contribution < -0.4 is 10.3 Å². The Morgan fingerprint density at radius 3 is 2.56 bits per heavy atom. The summed E-state index contributed by atoms with van der Waals surface area (Å²) in [4.78, 5) is 14.6. The number of fused-ring (bicyclic) bond motifs is 1. The Balaban J connectivity index is 1.36. The number of pyridine rings is 1. The maximum atomic E-state index is 12.9. The molecule has 2 fully saturated rings. The minimum absolute atomic E-state index is 0.397. The summed E-state index contributed by atoms with van der Waals surface area (Å²) >= 11 is 0. The van der Waals surface area contributed by atoms with E-state index >= 15 is 0 Å². The molecule has 2 aromatic rings. The number of hydrogen-bond donors (Lipinski definition) is 0. The summed E-state index contributed by atoms with van der Waals surface area (Å²) in [7, 11) is 0. The fraction of sp³-hybridized carbons (Fsp3) is 0.542. The van der Waals surface area contributed by atoms with Crippen LogP contribution >= 0.6 is 0 Å². The van der Waals surface area contributed by atoms with Gasteiger partial charge < -0.3 is 14.0 Å². The van der Waals surface area contributed by atoms with Crippen LogP contribution in [0.2, 0.25) is 0 Å². The molecule has 1 aliphatic carbocycles. The molecular formula is C24H27F3N2O3. The molecule has 5 nitrogen and oxygen atoms in total. The Kier molecular flexibility index (Phi) is 5.33. The number of alkyl halides is 3. The Hall–Kier alpha value is -2.32. The topological polar surface area (TPSA) is 43.7 Å². The molecular weight excluding hydrogens is 421 g/mol. The maximum Gasteiger partial charge on any atom is 0.406 e. The summed E-state index contributed by atoms with van der Waals surface area (Å²) < 4.78 is 51.8. The predicted molar refractivity (Wildman–Crippen MR) is 114 cm³/mol. The molecule has 0 bridgehead atoms.